The number of benzene rings is 1. The summed E-state index contributed by atoms with van der Waals surface area (Å²) in [4.78, 5) is 13.9. The second-order valence-electron chi connectivity index (χ2n) is 6.87. The van der Waals surface area contributed by atoms with Crippen molar-refractivity contribution in [2.24, 2.45) is 0 Å². The van der Waals surface area contributed by atoms with E-state index in [-0.39, 0.29) is 18.0 Å². The van der Waals surface area contributed by atoms with Crippen molar-refractivity contribution in [2.75, 3.05) is 18.4 Å². The normalized spacial score (nSPS) is 19.0. The van der Waals surface area contributed by atoms with Gasteiger partial charge >= 0.3 is 6.09 Å². The largest absolute Gasteiger partial charge is 0.444 e. The first-order chi connectivity index (χ1) is 10.2. The van der Waals surface area contributed by atoms with E-state index in [2.05, 4.69) is 5.32 Å². The van der Waals surface area contributed by atoms with Crippen molar-refractivity contribution in [1.82, 2.24) is 4.90 Å². The molecule has 1 fully saturated rings. The number of hydrogen-bond acceptors (Lipinski definition) is 3. The van der Waals surface area contributed by atoms with Gasteiger partial charge in [-0.3, -0.25) is 0 Å². The summed E-state index contributed by atoms with van der Waals surface area (Å²) in [6, 6.07) is 5.15. The first-order valence-electron chi connectivity index (χ1n) is 7.75. The van der Waals surface area contributed by atoms with E-state index in [1.54, 1.807) is 24.0 Å². The van der Waals surface area contributed by atoms with Gasteiger partial charge in [-0.1, -0.05) is 0 Å². The number of halogens is 1. The molecule has 1 aliphatic heterocycles. The lowest BCUT2D eigenvalue weighted by molar-refractivity contribution is 0.0206. The summed E-state index contributed by atoms with van der Waals surface area (Å²) < 4.78 is 18.7. The molecule has 0 saturated carbocycles. The molecule has 1 aromatic rings. The highest BCUT2D eigenvalue weighted by Gasteiger charge is 2.27. The highest BCUT2D eigenvalue weighted by atomic mass is 19.1. The molecule has 0 spiro atoms. The topological polar surface area (TPSA) is 41.6 Å². The Morgan fingerprint density at radius 1 is 1.41 bits per heavy atom. The molecule has 1 saturated heterocycles. The van der Waals surface area contributed by atoms with Crippen LogP contribution in [0.25, 0.3) is 0 Å². The van der Waals surface area contributed by atoms with Crippen LogP contribution < -0.4 is 5.32 Å². The van der Waals surface area contributed by atoms with Crippen molar-refractivity contribution in [2.45, 2.75) is 52.2 Å². The van der Waals surface area contributed by atoms with Crippen LogP contribution in [0.1, 0.15) is 39.2 Å². The van der Waals surface area contributed by atoms with Gasteiger partial charge in [-0.2, -0.15) is 0 Å². The molecule has 1 amide bonds. The fourth-order valence-corrected chi connectivity index (χ4v) is 2.56. The Kier molecular flexibility index (Phi) is 4.94. The molecule has 1 N–H and O–H groups in total. The minimum absolute atomic E-state index is 0.158. The molecule has 4 nitrogen and oxygen atoms in total. The van der Waals surface area contributed by atoms with Gasteiger partial charge in [-0.25, -0.2) is 9.18 Å². The van der Waals surface area contributed by atoms with Gasteiger partial charge in [0.2, 0.25) is 0 Å². The van der Waals surface area contributed by atoms with Crippen LogP contribution in [0.2, 0.25) is 0 Å². The number of nitrogens with zero attached hydrogens (tertiary/aromatic N) is 1. The average molecular weight is 308 g/mol. The summed E-state index contributed by atoms with van der Waals surface area (Å²) in [5.41, 5.74) is 1.02. The second-order valence-corrected chi connectivity index (χ2v) is 6.87. The third-order valence-electron chi connectivity index (χ3n) is 3.60. The van der Waals surface area contributed by atoms with E-state index in [0.717, 1.165) is 25.1 Å². The van der Waals surface area contributed by atoms with Crippen molar-refractivity contribution in [3.63, 3.8) is 0 Å². The minimum Gasteiger partial charge on any atom is -0.444 e. The quantitative estimate of drug-likeness (QED) is 0.899. The Morgan fingerprint density at radius 3 is 2.77 bits per heavy atom. The van der Waals surface area contributed by atoms with Gasteiger partial charge in [0.1, 0.15) is 11.4 Å². The molecule has 1 heterocycles. The highest BCUT2D eigenvalue weighted by Crippen LogP contribution is 2.20. The lowest BCUT2D eigenvalue weighted by atomic mass is 10.1. The standard InChI is InChI=1S/C17H25FN2O2/c1-12-10-13(7-8-15(12)18)19-14-6-5-9-20(11-14)16(21)22-17(2,3)4/h7-8,10,14,19H,5-6,9,11H2,1-4H3. The molecule has 2 rings (SSSR count). The Morgan fingerprint density at radius 2 is 2.14 bits per heavy atom. The number of amides is 1. The lowest BCUT2D eigenvalue weighted by Crippen LogP contribution is -2.46. The SMILES string of the molecule is Cc1cc(NC2CCCN(C(=O)OC(C)(C)C)C2)ccc1F. The molecular formula is C17H25FN2O2. The molecule has 1 unspecified atom stereocenters. The molecule has 1 aromatic carbocycles. The molecule has 22 heavy (non-hydrogen) atoms. The van der Waals surface area contributed by atoms with E-state index in [1.807, 2.05) is 20.8 Å². The van der Waals surface area contributed by atoms with Gasteiger partial charge in [-0.05, 0) is 64.3 Å². The summed E-state index contributed by atoms with van der Waals surface area (Å²) in [7, 11) is 0. The van der Waals surface area contributed by atoms with Gasteiger partial charge in [0, 0.05) is 24.8 Å². The molecule has 0 bridgehead atoms. The number of carbonyl (C=O) groups is 1. The summed E-state index contributed by atoms with van der Waals surface area (Å²) in [5.74, 6) is -0.204. The third kappa shape index (κ3) is 4.61. The number of aryl methyl sites for hydroxylation is 1. The van der Waals surface area contributed by atoms with E-state index < -0.39 is 5.60 Å². The van der Waals surface area contributed by atoms with Gasteiger partial charge in [0.15, 0.2) is 0 Å². The van der Waals surface area contributed by atoms with Crippen LogP contribution in [0.3, 0.4) is 0 Å². The zero-order valence-corrected chi connectivity index (χ0v) is 13.8. The van der Waals surface area contributed by atoms with Crippen molar-refractivity contribution in [3.8, 4) is 0 Å². The zero-order chi connectivity index (χ0) is 16.3. The molecule has 122 valence electrons. The maximum absolute atomic E-state index is 13.3. The number of likely N-dealkylation sites (tertiary alicyclic amines) is 1. The Labute approximate surface area is 131 Å². The van der Waals surface area contributed by atoms with Gasteiger partial charge < -0.3 is 15.0 Å². The molecule has 1 aliphatic rings. The minimum atomic E-state index is -0.481. The molecule has 0 aliphatic carbocycles. The molecular weight excluding hydrogens is 283 g/mol. The van der Waals surface area contributed by atoms with E-state index in [4.69, 9.17) is 4.74 Å². The smallest absolute Gasteiger partial charge is 0.410 e. The summed E-state index contributed by atoms with van der Waals surface area (Å²) in [6.07, 6.45) is 1.64. The predicted molar refractivity (Wildman–Crippen MR) is 85.6 cm³/mol. The number of ether oxygens (including phenoxy) is 1. The highest BCUT2D eigenvalue weighted by molar-refractivity contribution is 5.68. The van der Waals surface area contributed by atoms with Crippen molar-refractivity contribution >= 4 is 11.8 Å². The van der Waals surface area contributed by atoms with E-state index >= 15 is 0 Å². The first kappa shape index (κ1) is 16.6. The maximum atomic E-state index is 13.3. The fraction of sp³-hybridized carbons (Fsp3) is 0.588. The lowest BCUT2D eigenvalue weighted by Gasteiger charge is -2.34. The Bertz CT molecular complexity index is 540. The van der Waals surface area contributed by atoms with Gasteiger partial charge in [-0.15, -0.1) is 0 Å². The number of rotatable bonds is 2. The van der Waals surface area contributed by atoms with Crippen LogP contribution in [-0.4, -0.2) is 35.7 Å². The molecule has 5 heteroatoms. The van der Waals surface area contributed by atoms with E-state index in [0.29, 0.717) is 12.1 Å². The van der Waals surface area contributed by atoms with Crippen LogP contribution in [-0.2, 0) is 4.74 Å². The number of anilines is 1. The number of piperidine rings is 1. The number of hydrogen-bond donors (Lipinski definition) is 1. The van der Waals surface area contributed by atoms with Gasteiger partial charge in [0.25, 0.3) is 0 Å². The summed E-state index contributed by atoms with van der Waals surface area (Å²) in [6.45, 7) is 8.67. The second kappa shape index (κ2) is 6.55. The van der Waals surface area contributed by atoms with Crippen LogP contribution in [0, 0.1) is 12.7 Å². The summed E-state index contributed by atoms with van der Waals surface area (Å²) >= 11 is 0. The average Bonchev–Trinajstić information content (AvgIpc) is 2.41. The number of carbonyl (C=O) groups excluding carboxylic acids is 1. The molecule has 1 atom stereocenters. The Balaban J connectivity index is 1.95. The predicted octanol–water partition coefficient (Wildman–Crippen LogP) is 3.95. The van der Waals surface area contributed by atoms with E-state index in [9.17, 15) is 9.18 Å². The zero-order valence-electron chi connectivity index (χ0n) is 13.8. The van der Waals surface area contributed by atoms with Crippen LogP contribution in [0.15, 0.2) is 18.2 Å². The Hall–Kier alpha value is -1.78. The molecule has 0 radical (unpaired) electrons. The van der Waals surface area contributed by atoms with Crippen LogP contribution in [0.5, 0.6) is 0 Å². The fourth-order valence-electron chi connectivity index (χ4n) is 2.56. The van der Waals surface area contributed by atoms with Crippen LogP contribution >= 0.6 is 0 Å². The van der Waals surface area contributed by atoms with E-state index in [1.165, 1.54) is 6.07 Å². The first-order valence-corrected chi connectivity index (χ1v) is 7.75. The maximum Gasteiger partial charge on any atom is 0.410 e. The van der Waals surface area contributed by atoms with Crippen molar-refractivity contribution < 1.29 is 13.9 Å². The monoisotopic (exact) mass is 308 g/mol. The third-order valence-corrected chi connectivity index (χ3v) is 3.60. The molecule has 0 aromatic heterocycles. The van der Waals surface area contributed by atoms with Crippen LogP contribution in [0.4, 0.5) is 14.9 Å². The van der Waals surface area contributed by atoms with Gasteiger partial charge in [0.05, 0.1) is 0 Å². The van der Waals surface area contributed by atoms with Crippen molar-refractivity contribution in [1.29, 1.82) is 0 Å². The number of nitrogens with one attached hydrogen (secondary N) is 1. The van der Waals surface area contributed by atoms with Crippen molar-refractivity contribution in [3.05, 3.63) is 29.6 Å². The summed E-state index contributed by atoms with van der Waals surface area (Å²) in [5, 5.41) is 3.38.